The molecule has 0 radical (unpaired) electrons. The van der Waals surface area contributed by atoms with Crippen molar-refractivity contribution in [1.29, 1.82) is 0 Å². The molecule has 0 saturated carbocycles. The molecule has 2 heteroatoms. The summed E-state index contributed by atoms with van der Waals surface area (Å²) >= 11 is 0. The molecule has 66 valence electrons. The number of nitrogens with one attached hydrogen (secondary N) is 1. The lowest BCUT2D eigenvalue weighted by molar-refractivity contribution is 0.310. The molecule has 0 spiro atoms. The maximum absolute atomic E-state index is 5.37. The van der Waals surface area contributed by atoms with Gasteiger partial charge in [-0.2, -0.15) is 0 Å². The molecule has 0 aromatic heterocycles. The van der Waals surface area contributed by atoms with Crippen LogP contribution in [0.2, 0.25) is 0 Å². The molecular formula is C9H20N2. The van der Waals surface area contributed by atoms with Crippen LogP contribution in [0.5, 0.6) is 0 Å². The molecular weight excluding hydrogens is 136 g/mol. The Balaban J connectivity index is 3.77. The molecule has 0 aromatic carbocycles. The second kappa shape index (κ2) is 4.52. The molecule has 1 atom stereocenters. The van der Waals surface area contributed by atoms with Crippen LogP contribution < -0.4 is 11.3 Å². The predicted octanol–water partition coefficient (Wildman–Crippen LogP) is 1.83. The van der Waals surface area contributed by atoms with Crippen molar-refractivity contribution in [3.63, 3.8) is 0 Å². The third kappa shape index (κ3) is 6.07. The van der Waals surface area contributed by atoms with Crippen molar-refractivity contribution < 1.29 is 0 Å². The summed E-state index contributed by atoms with van der Waals surface area (Å²) in [4.78, 5) is 0. The van der Waals surface area contributed by atoms with Gasteiger partial charge in [0.15, 0.2) is 0 Å². The lowest BCUT2D eigenvalue weighted by Gasteiger charge is -2.24. The quantitative estimate of drug-likeness (QED) is 0.370. The summed E-state index contributed by atoms with van der Waals surface area (Å²) in [5, 5.41) is 0. The van der Waals surface area contributed by atoms with Gasteiger partial charge in [-0.15, -0.1) is 6.58 Å². The summed E-state index contributed by atoms with van der Waals surface area (Å²) in [6.45, 7) is 10.3. The summed E-state index contributed by atoms with van der Waals surface area (Å²) in [5.74, 6) is 5.37. The van der Waals surface area contributed by atoms with Gasteiger partial charge in [0.2, 0.25) is 0 Å². The maximum Gasteiger partial charge on any atom is 0.0249 e. The second-order valence-corrected chi connectivity index (χ2v) is 4.15. The standard InChI is InChI=1S/C9H20N2/c1-5-6-8(11-10)7-9(2,3)4/h5,8,11H,1,6-7,10H2,2-4H3. The number of hydrazine groups is 1. The highest BCUT2D eigenvalue weighted by Crippen LogP contribution is 2.21. The molecule has 2 nitrogen and oxygen atoms in total. The van der Waals surface area contributed by atoms with Crippen molar-refractivity contribution in [3.05, 3.63) is 12.7 Å². The summed E-state index contributed by atoms with van der Waals surface area (Å²) in [6, 6.07) is 0.368. The van der Waals surface area contributed by atoms with Gasteiger partial charge in [-0.05, 0) is 18.3 Å². The van der Waals surface area contributed by atoms with Gasteiger partial charge < -0.3 is 0 Å². The molecule has 3 N–H and O–H groups in total. The monoisotopic (exact) mass is 156 g/mol. The highest BCUT2D eigenvalue weighted by molar-refractivity contribution is 4.80. The van der Waals surface area contributed by atoms with Crippen molar-refractivity contribution in [2.24, 2.45) is 11.3 Å². The van der Waals surface area contributed by atoms with Gasteiger partial charge in [0.1, 0.15) is 0 Å². The third-order valence-corrected chi connectivity index (χ3v) is 1.55. The number of hydrogen-bond donors (Lipinski definition) is 2. The van der Waals surface area contributed by atoms with Crippen molar-refractivity contribution in [2.75, 3.05) is 0 Å². The van der Waals surface area contributed by atoms with E-state index in [4.69, 9.17) is 5.84 Å². The Bertz CT molecular complexity index is 113. The van der Waals surface area contributed by atoms with Gasteiger partial charge in [0, 0.05) is 6.04 Å². The minimum atomic E-state index is 0.333. The van der Waals surface area contributed by atoms with E-state index in [9.17, 15) is 0 Å². The average molecular weight is 156 g/mol. The van der Waals surface area contributed by atoms with Crippen molar-refractivity contribution in [1.82, 2.24) is 5.43 Å². The van der Waals surface area contributed by atoms with Crippen LogP contribution in [-0.4, -0.2) is 6.04 Å². The van der Waals surface area contributed by atoms with Crippen LogP contribution in [0.3, 0.4) is 0 Å². The molecule has 0 rings (SSSR count). The lowest BCUT2D eigenvalue weighted by atomic mass is 9.87. The zero-order valence-corrected chi connectivity index (χ0v) is 7.85. The highest BCUT2D eigenvalue weighted by atomic mass is 15.2. The van der Waals surface area contributed by atoms with Crippen LogP contribution in [0, 0.1) is 5.41 Å². The summed E-state index contributed by atoms with van der Waals surface area (Å²) in [7, 11) is 0. The molecule has 0 aliphatic heterocycles. The molecule has 0 amide bonds. The van der Waals surface area contributed by atoms with Gasteiger partial charge in [-0.1, -0.05) is 26.8 Å². The fourth-order valence-corrected chi connectivity index (χ4v) is 1.15. The first-order valence-electron chi connectivity index (χ1n) is 4.06. The normalized spacial score (nSPS) is 14.5. The third-order valence-electron chi connectivity index (χ3n) is 1.55. The van der Waals surface area contributed by atoms with E-state index >= 15 is 0 Å². The van der Waals surface area contributed by atoms with E-state index in [-0.39, 0.29) is 0 Å². The Morgan fingerprint density at radius 1 is 1.55 bits per heavy atom. The maximum atomic E-state index is 5.37. The first-order chi connectivity index (χ1) is 4.99. The van der Waals surface area contributed by atoms with Crippen LogP contribution in [0.1, 0.15) is 33.6 Å². The molecule has 0 fully saturated rings. The van der Waals surface area contributed by atoms with E-state index < -0.39 is 0 Å². The number of hydrogen-bond acceptors (Lipinski definition) is 2. The topological polar surface area (TPSA) is 38.0 Å². The van der Waals surface area contributed by atoms with Gasteiger partial charge in [-0.3, -0.25) is 11.3 Å². The van der Waals surface area contributed by atoms with Crippen LogP contribution >= 0.6 is 0 Å². The fraction of sp³-hybridized carbons (Fsp3) is 0.778. The highest BCUT2D eigenvalue weighted by Gasteiger charge is 2.16. The van der Waals surface area contributed by atoms with Crippen LogP contribution in [0.25, 0.3) is 0 Å². The molecule has 0 aliphatic carbocycles. The van der Waals surface area contributed by atoms with Crippen molar-refractivity contribution in [3.8, 4) is 0 Å². The molecule has 1 unspecified atom stereocenters. The van der Waals surface area contributed by atoms with Gasteiger partial charge in [-0.25, -0.2) is 0 Å². The Labute approximate surface area is 69.8 Å². The Kier molecular flexibility index (Phi) is 4.38. The Morgan fingerprint density at radius 2 is 2.09 bits per heavy atom. The zero-order valence-electron chi connectivity index (χ0n) is 7.85. The molecule has 0 aromatic rings. The first kappa shape index (κ1) is 10.7. The van der Waals surface area contributed by atoms with Crippen molar-refractivity contribution >= 4 is 0 Å². The average Bonchev–Trinajstić information content (AvgIpc) is 1.84. The lowest BCUT2D eigenvalue weighted by Crippen LogP contribution is -2.37. The SMILES string of the molecule is C=CCC(CC(C)(C)C)NN. The predicted molar refractivity (Wildman–Crippen MR) is 50.0 cm³/mol. The zero-order chi connectivity index (χ0) is 8.91. The first-order valence-corrected chi connectivity index (χ1v) is 4.06. The van der Waals surface area contributed by atoms with E-state index in [1.807, 2.05) is 6.08 Å². The summed E-state index contributed by atoms with van der Waals surface area (Å²) in [5.41, 5.74) is 3.12. The van der Waals surface area contributed by atoms with E-state index in [0.717, 1.165) is 12.8 Å². The van der Waals surface area contributed by atoms with E-state index in [1.165, 1.54) is 0 Å². The van der Waals surface area contributed by atoms with Crippen LogP contribution in [0.15, 0.2) is 12.7 Å². The Hall–Kier alpha value is -0.340. The molecule has 0 saturated heterocycles. The molecule has 0 aliphatic rings. The minimum Gasteiger partial charge on any atom is -0.271 e. The molecule has 11 heavy (non-hydrogen) atoms. The number of rotatable bonds is 4. The van der Waals surface area contributed by atoms with Crippen molar-refractivity contribution in [2.45, 2.75) is 39.7 Å². The van der Waals surface area contributed by atoms with Gasteiger partial charge >= 0.3 is 0 Å². The van der Waals surface area contributed by atoms with E-state index in [1.54, 1.807) is 0 Å². The van der Waals surface area contributed by atoms with Crippen LogP contribution in [0.4, 0.5) is 0 Å². The minimum absolute atomic E-state index is 0.333. The van der Waals surface area contributed by atoms with Gasteiger partial charge in [0.25, 0.3) is 0 Å². The molecule has 0 heterocycles. The van der Waals surface area contributed by atoms with E-state index in [0.29, 0.717) is 11.5 Å². The second-order valence-electron chi connectivity index (χ2n) is 4.15. The van der Waals surface area contributed by atoms with Gasteiger partial charge in [0.05, 0.1) is 0 Å². The summed E-state index contributed by atoms with van der Waals surface area (Å²) < 4.78 is 0. The fourth-order valence-electron chi connectivity index (χ4n) is 1.15. The Morgan fingerprint density at radius 3 is 2.36 bits per heavy atom. The van der Waals surface area contributed by atoms with Crippen LogP contribution in [-0.2, 0) is 0 Å². The van der Waals surface area contributed by atoms with E-state index in [2.05, 4.69) is 32.8 Å². The summed E-state index contributed by atoms with van der Waals surface area (Å²) in [6.07, 6.45) is 3.92. The number of nitrogens with two attached hydrogens (primary N) is 1. The largest absolute Gasteiger partial charge is 0.271 e. The smallest absolute Gasteiger partial charge is 0.0249 e. The molecule has 0 bridgehead atoms.